The van der Waals surface area contributed by atoms with Gasteiger partial charge >= 0.3 is 18.4 Å². The molecule has 1 atom stereocenters. The van der Waals surface area contributed by atoms with Crippen molar-refractivity contribution in [1.29, 1.82) is 0 Å². The third-order valence-corrected chi connectivity index (χ3v) is 5.10. The predicted octanol–water partition coefficient (Wildman–Crippen LogP) is 4.14. The highest BCUT2D eigenvalue weighted by atomic mass is 19.4. The van der Waals surface area contributed by atoms with Crippen LogP contribution in [-0.4, -0.2) is 36.4 Å². The van der Waals surface area contributed by atoms with Gasteiger partial charge in [0.2, 0.25) is 5.91 Å². The molecule has 0 saturated carbocycles. The zero-order valence-electron chi connectivity index (χ0n) is 17.6. The Morgan fingerprint density at radius 1 is 1.03 bits per heavy atom. The van der Waals surface area contributed by atoms with Crippen LogP contribution < -0.4 is 15.4 Å². The van der Waals surface area contributed by atoms with Crippen molar-refractivity contribution in [2.24, 2.45) is 0 Å². The highest BCUT2D eigenvalue weighted by Crippen LogP contribution is 2.37. The zero-order chi connectivity index (χ0) is 25.5. The van der Waals surface area contributed by atoms with E-state index in [2.05, 4.69) is 5.32 Å². The third kappa shape index (κ3) is 4.92. The Morgan fingerprint density at radius 3 is 2.15 bits per heavy atom. The molecule has 34 heavy (non-hydrogen) atoms. The third-order valence-electron chi connectivity index (χ3n) is 5.10. The highest BCUT2D eigenvalue weighted by molar-refractivity contribution is 6.10. The van der Waals surface area contributed by atoms with Crippen LogP contribution in [0.5, 0.6) is 5.75 Å². The molecule has 13 heteroatoms. The van der Waals surface area contributed by atoms with E-state index in [4.69, 9.17) is 4.74 Å². The van der Waals surface area contributed by atoms with E-state index in [9.17, 15) is 40.7 Å². The van der Waals surface area contributed by atoms with Gasteiger partial charge in [-0.25, -0.2) is 4.79 Å². The molecule has 4 amide bonds. The summed E-state index contributed by atoms with van der Waals surface area (Å²) in [6, 6.07) is 5.77. The number of alkyl halides is 6. The van der Waals surface area contributed by atoms with Gasteiger partial charge in [0.05, 0.1) is 18.2 Å². The number of methoxy groups -OCH3 is 1. The summed E-state index contributed by atoms with van der Waals surface area (Å²) in [5, 5.41) is 4.32. The molecule has 2 aromatic carbocycles. The number of nitrogens with zero attached hydrogens (tertiary/aromatic N) is 1. The fraction of sp³-hybridized carbons (Fsp3) is 0.286. The molecule has 3 rings (SSSR count). The molecule has 0 aromatic heterocycles. The van der Waals surface area contributed by atoms with Crippen molar-refractivity contribution in [3.63, 3.8) is 0 Å². The normalized spacial score (nSPS) is 18.6. The number of rotatable bonds is 5. The first-order valence-electron chi connectivity index (χ1n) is 9.53. The Morgan fingerprint density at radius 2 is 1.62 bits per heavy atom. The van der Waals surface area contributed by atoms with Crippen LogP contribution in [0.3, 0.4) is 0 Å². The van der Waals surface area contributed by atoms with Crippen molar-refractivity contribution in [2.45, 2.75) is 24.8 Å². The van der Waals surface area contributed by atoms with Crippen molar-refractivity contribution >= 4 is 23.5 Å². The Balaban J connectivity index is 1.82. The van der Waals surface area contributed by atoms with Crippen LogP contribution >= 0.6 is 0 Å². The van der Waals surface area contributed by atoms with Crippen LogP contribution in [0.15, 0.2) is 42.5 Å². The van der Waals surface area contributed by atoms with Gasteiger partial charge in [0, 0.05) is 5.69 Å². The molecule has 0 spiro atoms. The van der Waals surface area contributed by atoms with Crippen molar-refractivity contribution in [3.8, 4) is 5.75 Å². The van der Waals surface area contributed by atoms with Gasteiger partial charge in [0.25, 0.3) is 5.91 Å². The Kier molecular flexibility index (Phi) is 6.24. The zero-order valence-corrected chi connectivity index (χ0v) is 17.6. The summed E-state index contributed by atoms with van der Waals surface area (Å²) in [5.74, 6) is -1.63. The van der Waals surface area contributed by atoms with Gasteiger partial charge in [-0.05, 0) is 42.8 Å². The molecule has 1 aliphatic heterocycles. The lowest BCUT2D eigenvalue weighted by molar-refractivity contribution is -0.143. The monoisotopic (exact) mass is 489 g/mol. The number of amides is 4. The Hall–Kier alpha value is -3.77. The molecule has 1 fully saturated rings. The molecule has 2 N–H and O–H groups in total. The van der Waals surface area contributed by atoms with Crippen LogP contribution in [0.4, 0.5) is 36.8 Å². The lowest BCUT2D eigenvalue weighted by Crippen LogP contribution is -2.42. The number of urea groups is 1. The van der Waals surface area contributed by atoms with Crippen LogP contribution in [0.25, 0.3) is 0 Å². The summed E-state index contributed by atoms with van der Waals surface area (Å²) in [6.45, 7) is 0.435. The molecular formula is C21H17F6N3O4. The van der Waals surface area contributed by atoms with Crippen LogP contribution in [-0.2, 0) is 27.5 Å². The van der Waals surface area contributed by atoms with Crippen LogP contribution in [0, 0.1) is 0 Å². The van der Waals surface area contributed by atoms with E-state index in [1.807, 2.05) is 5.32 Å². The summed E-state index contributed by atoms with van der Waals surface area (Å²) in [4.78, 5) is 38.2. The topological polar surface area (TPSA) is 87.7 Å². The molecule has 1 saturated heterocycles. The Labute approximate surface area is 188 Å². The van der Waals surface area contributed by atoms with E-state index >= 15 is 0 Å². The van der Waals surface area contributed by atoms with Gasteiger partial charge in [0.1, 0.15) is 17.8 Å². The molecule has 2 aromatic rings. The van der Waals surface area contributed by atoms with Gasteiger partial charge in [-0.2, -0.15) is 26.3 Å². The number of nitrogens with one attached hydrogen (secondary N) is 2. The fourth-order valence-electron chi connectivity index (χ4n) is 3.34. The summed E-state index contributed by atoms with van der Waals surface area (Å²) in [7, 11) is 1.39. The molecule has 0 aliphatic carbocycles. The minimum Gasteiger partial charge on any atom is -0.497 e. The molecule has 0 radical (unpaired) electrons. The second-order valence-electron chi connectivity index (χ2n) is 7.52. The number of halogens is 6. The predicted molar refractivity (Wildman–Crippen MR) is 106 cm³/mol. The van der Waals surface area contributed by atoms with E-state index in [0.717, 1.165) is 0 Å². The van der Waals surface area contributed by atoms with Gasteiger partial charge < -0.3 is 15.4 Å². The fourth-order valence-corrected chi connectivity index (χ4v) is 3.34. The summed E-state index contributed by atoms with van der Waals surface area (Å²) >= 11 is 0. The maximum atomic E-state index is 13.0. The molecule has 1 heterocycles. The van der Waals surface area contributed by atoms with E-state index < -0.39 is 59.1 Å². The lowest BCUT2D eigenvalue weighted by atomic mass is 9.92. The summed E-state index contributed by atoms with van der Waals surface area (Å²) < 4.78 is 83.1. The second-order valence-corrected chi connectivity index (χ2v) is 7.52. The van der Waals surface area contributed by atoms with Gasteiger partial charge in [-0.15, -0.1) is 0 Å². The van der Waals surface area contributed by atoms with Crippen molar-refractivity contribution in [2.75, 3.05) is 19.0 Å². The standard InChI is InChI=1S/C21H17F6N3O4/c1-19(11-4-3-5-15(9-11)34-2)17(32)30(18(33)29-19)10-16(31)28-14-7-12(20(22,23)24)6-13(8-14)21(25,26)27/h3-9H,10H2,1-2H3,(H,28,31)(H,29,33)/t19-/m1/s1. The van der Waals surface area contributed by atoms with Crippen molar-refractivity contribution in [3.05, 3.63) is 59.2 Å². The number of hydrogen-bond donors (Lipinski definition) is 2. The molecular weight excluding hydrogens is 472 g/mol. The average Bonchev–Trinajstić information content (AvgIpc) is 2.96. The van der Waals surface area contributed by atoms with Crippen LogP contribution in [0.1, 0.15) is 23.6 Å². The molecule has 7 nitrogen and oxygen atoms in total. The van der Waals surface area contributed by atoms with E-state index in [1.165, 1.54) is 26.2 Å². The minimum atomic E-state index is -5.11. The first-order chi connectivity index (χ1) is 15.6. The minimum absolute atomic E-state index is 0.0906. The number of carbonyl (C=O) groups excluding carboxylic acids is 3. The highest BCUT2D eigenvalue weighted by Gasteiger charge is 2.49. The first-order valence-corrected chi connectivity index (χ1v) is 9.53. The van der Waals surface area contributed by atoms with Gasteiger partial charge in [-0.1, -0.05) is 12.1 Å². The number of benzene rings is 2. The van der Waals surface area contributed by atoms with Crippen molar-refractivity contribution < 1.29 is 45.5 Å². The van der Waals surface area contributed by atoms with E-state index in [-0.39, 0.29) is 6.07 Å². The van der Waals surface area contributed by atoms with Crippen molar-refractivity contribution in [1.82, 2.24) is 10.2 Å². The van der Waals surface area contributed by atoms with E-state index in [1.54, 1.807) is 12.1 Å². The number of ether oxygens (including phenoxy) is 1. The van der Waals surface area contributed by atoms with E-state index in [0.29, 0.717) is 28.3 Å². The number of hydrogen-bond acceptors (Lipinski definition) is 4. The summed E-state index contributed by atoms with van der Waals surface area (Å²) in [6.07, 6.45) is -10.2. The number of anilines is 1. The molecule has 0 unspecified atom stereocenters. The maximum Gasteiger partial charge on any atom is 0.416 e. The lowest BCUT2D eigenvalue weighted by Gasteiger charge is -2.22. The average molecular weight is 489 g/mol. The van der Waals surface area contributed by atoms with Crippen LogP contribution in [0.2, 0.25) is 0 Å². The summed E-state index contributed by atoms with van der Waals surface area (Å²) in [5.41, 5.74) is -5.29. The molecule has 182 valence electrons. The first kappa shape index (κ1) is 24.9. The Bertz CT molecular complexity index is 1120. The quantitative estimate of drug-likeness (QED) is 0.488. The second kappa shape index (κ2) is 8.54. The van der Waals surface area contributed by atoms with Gasteiger partial charge in [-0.3, -0.25) is 14.5 Å². The number of imide groups is 1. The number of carbonyl (C=O) groups is 3. The molecule has 0 bridgehead atoms. The smallest absolute Gasteiger partial charge is 0.416 e. The largest absolute Gasteiger partial charge is 0.497 e. The van der Waals surface area contributed by atoms with Gasteiger partial charge in [0.15, 0.2) is 0 Å². The SMILES string of the molecule is COc1cccc([C@@]2(C)NC(=O)N(CC(=O)Nc3cc(C(F)(F)F)cc(C(F)(F)F)c3)C2=O)c1. The molecule has 1 aliphatic rings. The maximum absolute atomic E-state index is 13.0.